The number of hydrogen-bond donors (Lipinski definition) is 1. The third-order valence-electron chi connectivity index (χ3n) is 7.43. The normalized spacial score (nSPS) is 23.4. The number of ether oxygens (including phenoxy) is 1. The van der Waals surface area contributed by atoms with Crippen molar-refractivity contribution in [2.24, 2.45) is 5.92 Å². The summed E-state index contributed by atoms with van der Waals surface area (Å²) in [5, 5.41) is 3.48. The zero-order valence-corrected chi connectivity index (χ0v) is 21.2. The van der Waals surface area contributed by atoms with Gasteiger partial charge in [-0.2, -0.15) is 26.3 Å². The molecule has 2 aromatic carbocycles. The van der Waals surface area contributed by atoms with Gasteiger partial charge in [-0.15, -0.1) is 0 Å². The zero-order valence-electron chi connectivity index (χ0n) is 21.2. The monoisotopic (exact) mass is 543 g/mol. The van der Waals surface area contributed by atoms with E-state index in [1.54, 1.807) is 11.8 Å². The molecule has 208 valence electrons. The first-order valence-corrected chi connectivity index (χ1v) is 12.5. The minimum absolute atomic E-state index is 0.100. The van der Waals surface area contributed by atoms with E-state index >= 15 is 0 Å². The van der Waals surface area contributed by atoms with Crippen LogP contribution in [0.5, 0.6) is 0 Å². The van der Waals surface area contributed by atoms with Crippen molar-refractivity contribution in [3.63, 3.8) is 0 Å². The number of piperazine rings is 1. The van der Waals surface area contributed by atoms with Gasteiger partial charge in [0.15, 0.2) is 0 Å². The second-order valence-corrected chi connectivity index (χ2v) is 10.1. The maximum absolute atomic E-state index is 13.4. The van der Waals surface area contributed by atoms with Gasteiger partial charge < -0.3 is 15.0 Å². The summed E-state index contributed by atoms with van der Waals surface area (Å²) in [5.74, 6) is -0.516. The number of nitrogens with one attached hydrogen (secondary N) is 1. The molecule has 38 heavy (non-hydrogen) atoms. The number of halogens is 6. The van der Waals surface area contributed by atoms with Crippen molar-refractivity contribution in [1.29, 1.82) is 0 Å². The number of nitrogens with zero attached hydrogens (tertiary/aromatic N) is 2. The van der Waals surface area contributed by atoms with Crippen LogP contribution in [-0.4, -0.2) is 54.7 Å². The summed E-state index contributed by atoms with van der Waals surface area (Å²) in [6, 6.07) is 10.8. The molecule has 3 atom stereocenters. The topological polar surface area (TPSA) is 44.8 Å². The Hall–Kier alpha value is -2.63. The van der Waals surface area contributed by atoms with E-state index in [1.807, 2.05) is 42.3 Å². The van der Waals surface area contributed by atoms with Crippen molar-refractivity contribution in [2.75, 3.05) is 33.2 Å². The first-order valence-electron chi connectivity index (χ1n) is 12.5. The smallest absolute Gasteiger partial charge is 0.351 e. The lowest BCUT2D eigenvalue weighted by molar-refractivity contribution is -0.209. The molecule has 1 N–H and O–H groups in total. The Bertz CT molecular complexity index is 1090. The Kier molecular flexibility index (Phi) is 8.11. The van der Waals surface area contributed by atoms with Gasteiger partial charge in [-0.1, -0.05) is 30.3 Å². The van der Waals surface area contributed by atoms with Crippen LogP contribution in [-0.2, 0) is 28.5 Å². The van der Waals surface area contributed by atoms with Crippen molar-refractivity contribution in [2.45, 2.75) is 50.5 Å². The van der Waals surface area contributed by atoms with Crippen LogP contribution in [0.1, 0.15) is 48.1 Å². The van der Waals surface area contributed by atoms with E-state index in [1.165, 1.54) is 0 Å². The van der Waals surface area contributed by atoms with Gasteiger partial charge in [-0.3, -0.25) is 9.69 Å². The lowest BCUT2D eigenvalue weighted by Crippen LogP contribution is -2.64. The molecule has 11 heteroatoms. The van der Waals surface area contributed by atoms with Gasteiger partial charge in [0, 0.05) is 25.0 Å². The third-order valence-corrected chi connectivity index (χ3v) is 7.43. The molecule has 2 saturated heterocycles. The summed E-state index contributed by atoms with van der Waals surface area (Å²) in [4.78, 5) is 16.7. The number of carbonyl (C=O) groups is 1. The molecule has 0 aromatic heterocycles. The average molecular weight is 544 g/mol. The molecule has 5 nitrogen and oxygen atoms in total. The van der Waals surface area contributed by atoms with Crippen molar-refractivity contribution in [3.8, 4) is 0 Å². The summed E-state index contributed by atoms with van der Waals surface area (Å²) < 4.78 is 87.0. The summed E-state index contributed by atoms with van der Waals surface area (Å²) in [6.45, 7) is 2.94. The van der Waals surface area contributed by atoms with Crippen LogP contribution in [0.25, 0.3) is 0 Å². The number of benzene rings is 2. The Morgan fingerprint density at radius 3 is 2.18 bits per heavy atom. The van der Waals surface area contributed by atoms with Gasteiger partial charge in [0.05, 0.1) is 24.3 Å². The lowest BCUT2D eigenvalue weighted by Gasteiger charge is -2.52. The van der Waals surface area contributed by atoms with E-state index in [-0.39, 0.29) is 36.0 Å². The van der Waals surface area contributed by atoms with Crippen molar-refractivity contribution >= 4 is 5.91 Å². The molecule has 0 radical (unpaired) electrons. The second kappa shape index (κ2) is 10.9. The van der Waals surface area contributed by atoms with Crippen molar-refractivity contribution in [1.82, 2.24) is 15.1 Å². The van der Waals surface area contributed by atoms with Gasteiger partial charge in [0.25, 0.3) is 0 Å². The highest BCUT2D eigenvalue weighted by molar-refractivity contribution is 5.79. The predicted molar refractivity (Wildman–Crippen MR) is 129 cm³/mol. The zero-order chi connectivity index (χ0) is 27.7. The van der Waals surface area contributed by atoms with E-state index in [9.17, 15) is 31.1 Å². The Labute approximate surface area is 217 Å². The molecule has 2 aliphatic heterocycles. The molecule has 0 aliphatic carbocycles. The Balaban J connectivity index is 1.72. The molecular formula is C27H31F6N3O2. The summed E-state index contributed by atoms with van der Waals surface area (Å²) >= 11 is 0. The Morgan fingerprint density at radius 2 is 1.61 bits per heavy atom. The van der Waals surface area contributed by atoms with E-state index in [0.717, 1.165) is 18.5 Å². The fourth-order valence-electron chi connectivity index (χ4n) is 5.45. The molecular weight excluding hydrogens is 512 g/mol. The highest BCUT2D eigenvalue weighted by Crippen LogP contribution is 2.43. The molecule has 2 aromatic rings. The molecule has 0 saturated carbocycles. The number of rotatable bonds is 6. The Morgan fingerprint density at radius 1 is 0.974 bits per heavy atom. The molecule has 0 unspecified atom stereocenters. The van der Waals surface area contributed by atoms with Crippen LogP contribution >= 0.6 is 0 Å². The number of piperidine rings is 1. The van der Waals surface area contributed by atoms with E-state index < -0.39 is 35.8 Å². The molecule has 0 spiro atoms. The second-order valence-electron chi connectivity index (χ2n) is 10.1. The van der Waals surface area contributed by atoms with Crippen LogP contribution in [0.15, 0.2) is 48.5 Å². The van der Waals surface area contributed by atoms with Crippen LogP contribution in [0, 0.1) is 5.92 Å². The first-order chi connectivity index (χ1) is 17.8. The van der Waals surface area contributed by atoms with E-state index in [0.29, 0.717) is 31.6 Å². The first kappa shape index (κ1) is 28.4. The van der Waals surface area contributed by atoms with Crippen LogP contribution in [0.4, 0.5) is 26.3 Å². The van der Waals surface area contributed by atoms with Crippen LogP contribution in [0.3, 0.4) is 0 Å². The third kappa shape index (κ3) is 6.16. The molecule has 2 aliphatic rings. The van der Waals surface area contributed by atoms with Gasteiger partial charge in [-0.25, -0.2) is 0 Å². The summed E-state index contributed by atoms with van der Waals surface area (Å²) in [7, 11) is 1.81. The highest BCUT2D eigenvalue weighted by Gasteiger charge is 2.49. The SMILES string of the molecule is CN1CCN([C@@](C)(OCc2cc(C(F)(F)F)cc(C(F)(F)F)c2)[C@H]2CCCN[C@@H]2c2ccccc2)C(=O)C1. The van der Waals surface area contributed by atoms with Crippen molar-refractivity contribution < 1.29 is 35.9 Å². The van der Waals surface area contributed by atoms with Crippen LogP contribution in [0.2, 0.25) is 0 Å². The maximum atomic E-state index is 13.4. The fraction of sp³-hybridized carbons (Fsp3) is 0.519. The van der Waals surface area contributed by atoms with Gasteiger partial charge in [0.1, 0.15) is 5.72 Å². The lowest BCUT2D eigenvalue weighted by atomic mass is 9.78. The van der Waals surface area contributed by atoms with Gasteiger partial charge in [-0.05, 0) is 62.7 Å². The van der Waals surface area contributed by atoms with Crippen LogP contribution < -0.4 is 5.32 Å². The van der Waals surface area contributed by atoms with Crippen molar-refractivity contribution in [3.05, 3.63) is 70.8 Å². The largest absolute Gasteiger partial charge is 0.416 e. The van der Waals surface area contributed by atoms with Gasteiger partial charge >= 0.3 is 12.4 Å². The summed E-state index contributed by atoms with van der Waals surface area (Å²) in [5.41, 5.74) is -3.39. The molecule has 2 fully saturated rings. The number of amides is 1. The maximum Gasteiger partial charge on any atom is 0.416 e. The molecule has 1 amide bonds. The highest BCUT2D eigenvalue weighted by atomic mass is 19.4. The molecule has 0 bridgehead atoms. The minimum Gasteiger partial charge on any atom is -0.351 e. The molecule has 4 rings (SSSR count). The average Bonchev–Trinajstić information content (AvgIpc) is 2.86. The van der Waals surface area contributed by atoms with E-state index in [2.05, 4.69) is 5.32 Å². The van der Waals surface area contributed by atoms with Gasteiger partial charge in [0.2, 0.25) is 5.91 Å². The quantitative estimate of drug-likeness (QED) is 0.491. The fourth-order valence-corrected chi connectivity index (χ4v) is 5.45. The predicted octanol–water partition coefficient (Wildman–Crippen LogP) is 5.47. The number of likely N-dealkylation sites (N-methyl/N-ethyl adjacent to an activating group) is 1. The number of carbonyl (C=O) groups excluding carboxylic acids is 1. The summed E-state index contributed by atoms with van der Waals surface area (Å²) in [6.07, 6.45) is -8.49. The number of alkyl halides is 6. The van der Waals surface area contributed by atoms with E-state index in [4.69, 9.17) is 4.74 Å². The number of hydrogen-bond acceptors (Lipinski definition) is 4. The minimum atomic E-state index is -4.96. The molecule has 2 heterocycles. The standard InChI is InChI=1S/C27H31F6N3O2/c1-25(36-12-11-35(2)16-23(36)37,22-9-6-10-34-24(22)19-7-4-3-5-8-19)38-17-18-13-20(26(28,29)30)15-21(14-18)27(31,32)33/h3-5,7-8,13-15,22,24,34H,6,9-12,16-17H2,1-2H3/t22-,24+,25-/m0/s1.